The molecule has 2 aromatic carbocycles. The fraction of sp³-hybridized carbons (Fsp3) is 0.387. The Hall–Kier alpha value is -4.14. The number of esters is 1. The molecule has 4 aromatic rings. The van der Waals surface area contributed by atoms with E-state index in [1.165, 1.54) is 0 Å². The number of ether oxygens (including phenoxy) is 4. The topological polar surface area (TPSA) is 95.0 Å². The molecule has 0 amide bonds. The molecule has 0 spiro atoms. The van der Waals surface area contributed by atoms with Crippen molar-refractivity contribution in [2.75, 3.05) is 53.6 Å². The monoisotopic (exact) mass is 636 g/mol. The summed E-state index contributed by atoms with van der Waals surface area (Å²) in [4.78, 5) is 23.3. The number of aromatic nitrogens is 2. The average Bonchev–Trinajstić information content (AvgIpc) is 2.99. The fourth-order valence-electron chi connectivity index (χ4n) is 4.37. The van der Waals surface area contributed by atoms with Gasteiger partial charge >= 0.3 is 12.3 Å². The second kappa shape index (κ2) is 15.7. The Morgan fingerprint density at radius 1 is 0.933 bits per heavy atom. The number of carbonyl (C=O) groups is 1. The van der Waals surface area contributed by atoms with Crippen molar-refractivity contribution in [3.8, 4) is 11.6 Å². The van der Waals surface area contributed by atoms with Crippen LogP contribution in [-0.2, 0) is 16.0 Å². The van der Waals surface area contributed by atoms with Crippen molar-refractivity contribution in [1.29, 1.82) is 0 Å². The van der Waals surface area contributed by atoms with Gasteiger partial charge < -0.3 is 29.2 Å². The molecule has 2 heterocycles. The van der Waals surface area contributed by atoms with Crippen molar-refractivity contribution in [1.82, 2.24) is 20.2 Å². The predicted molar refractivity (Wildman–Crippen MR) is 156 cm³/mol. The second-order valence-electron chi connectivity index (χ2n) is 10.3. The number of unbranched alkanes of at least 4 members (excludes halogenated alkanes) is 1. The van der Waals surface area contributed by atoms with E-state index in [2.05, 4.69) is 20.0 Å². The molecule has 1 N–H and O–H groups in total. The molecular weight excluding hydrogens is 603 g/mol. The molecule has 0 radical (unpaired) electrons. The van der Waals surface area contributed by atoms with Crippen LogP contribution < -0.4 is 14.8 Å². The van der Waals surface area contributed by atoms with Gasteiger partial charge in [0.2, 0.25) is 11.6 Å². The maximum absolute atomic E-state index is 13.8. The zero-order chi connectivity index (χ0) is 32.4. The Labute approximate surface area is 256 Å². The quantitative estimate of drug-likeness (QED) is 0.0726. The van der Waals surface area contributed by atoms with Crippen LogP contribution in [-0.4, -0.2) is 80.8 Å². The SMILES string of the molecule is CN(C)CCOC(=O)c1ccc2c(c1)nc(OCCOCCCCNCc1cc(F)c(OC(F)(F)F)c(F)c1)c1ccncc12. The van der Waals surface area contributed by atoms with Crippen molar-refractivity contribution in [2.24, 2.45) is 0 Å². The highest BCUT2D eigenvalue weighted by atomic mass is 19.4. The molecule has 0 atom stereocenters. The van der Waals surface area contributed by atoms with E-state index in [1.54, 1.807) is 24.5 Å². The van der Waals surface area contributed by atoms with Gasteiger partial charge in [-0.2, -0.15) is 0 Å². The molecule has 0 saturated heterocycles. The molecule has 0 fully saturated rings. The Kier molecular flexibility index (Phi) is 11.8. The number of hydrogen-bond donors (Lipinski definition) is 1. The van der Waals surface area contributed by atoms with Gasteiger partial charge in [0.25, 0.3) is 0 Å². The van der Waals surface area contributed by atoms with Crippen LogP contribution in [0.25, 0.3) is 21.7 Å². The van der Waals surface area contributed by atoms with Gasteiger partial charge in [0.1, 0.15) is 13.2 Å². The Balaban J connectivity index is 1.21. The number of carbonyl (C=O) groups excluding carboxylic acids is 1. The van der Waals surface area contributed by atoms with E-state index in [0.29, 0.717) is 56.1 Å². The highest BCUT2D eigenvalue weighted by molar-refractivity contribution is 6.08. The normalized spacial score (nSPS) is 11.8. The lowest BCUT2D eigenvalue weighted by Gasteiger charge is -2.13. The van der Waals surface area contributed by atoms with Crippen molar-refractivity contribution in [3.05, 3.63) is 71.6 Å². The van der Waals surface area contributed by atoms with Gasteiger partial charge in [-0.05, 0) is 69.4 Å². The van der Waals surface area contributed by atoms with Crippen LogP contribution in [0.2, 0.25) is 0 Å². The van der Waals surface area contributed by atoms with Crippen LogP contribution in [0, 0.1) is 11.6 Å². The first-order chi connectivity index (χ1) is 21.5. The van der Waals surface area contributed by atoms with Gasteiger partial charge in [0.15, 0.2) is 11.6 Å². The minimum absolute atomic E-state index is 0.0657. The summed E-state index contributed by atoms with van der Waals surface area (Å²) in [6, 6.07) is 8.59. The van der Waals surface area contributed by atoms with Crippen molar-refractivity contribution < 1.29 is 45.7 Å². The van der Waals surface area contributed by atoms with E-state index in [1.807, 2.05) is 31.1 Å². The zero-order valence-electron chi connectivity index (χ0n) is 24.8. The molecule has 0 bridgehead atoms. The van der Waals surface area contributed by atoms with E-state index >= 15 is 0 Å². The van der Waals surface area contributed by atoms with Crippen LogP contribution in [0.3, 0.4) is 0 Å². The minimum atomic E-state index is -5.19. The maximum atomic E-state index is 13.8. The predicted octanol–water partition coefficient (Wildman–Crippen LogP) is 5.64. The molecule has 0 unspecified atom stereocenters. The highest BCUT2D eigenvalue weighted by Gasteiger charge is 2.34. The molecule has 242 valence electrons. The molecule has 45 heavy (non-hydrogen) atoms. The third-order valence-electron chi connectivity index (χ3n) is 6.53. The standard InChI is InChI=1S/C31H33F5N4O5/c1-40(2)10-12-44-30(41)21-5-6-22-24-19-38-9-7-23(24)29(39-27(22)17-21)43-14-13-42-11-4-3-8-37-18-20-15-25(32)28(26(33)16-20)45-31(34,35)36/h5-7,9,15-17,19,37H,3-4,8,10-14,18H2,1-2H3. The molecule has 0 aliphatic carbocycles. The third-order valence-corrected chi connectivity index (χ3v) is 6.53. The Bertz CT molecular complexity index is 1580. The molecule has 0 aliphatic rings. The van der Waals surface area contributed by atoms with Crippen LogP contribution >= 0.6 is 0 Å². The molecule has 14 heteroatoms. The summed E-state index contributed by atoms with van der Waals surface area (Å²) in [6.45, 7) is 2.40. The van der Waals surface area contributed by atoms with Crippen LogP contribution in [0.4, 0.5) is 22.0 Å². The smallest absolute Gasteiger partial charge is 0.475 e. The third kappa shape index (κ3) is 9.93. The first-order valence-corrected chi connectivity index (χ1v) is 14.2. The number of halogens is 5. The zero-order valence-corrected chi connectivity index (χ0v) is 24.8. The largest absolute Gasteiger partial charge is 0.573 e. The molecular formula is C31H33F5N4O5. The summed E-state index contributed by atoms with van der Waals surface area (Å²) >= 11 is 0. The summed E-state index contributed by atoms with van der Waals surface area (Å²) in [6.07, 6.45) is -0.455. The highest BCUT2D eigenvalue weighted by Crippen LogP contribution is 2.31. The minimum Gasteiger partial charge on any atom is -0.475 e. The van der Waals surface area contributed by atoms with E-state index in [0.717, 1.165) is 28.3 Å². The lowest BCUT2D eigenvalue weighted by atomic mass is 10.1. The van der Waals surface area contributed by atoms with Gasteiger partial charge in [-0.1, -0.05) is 6.07 Å². The lowest BCUT2D eigenvalue weighted by Crippen LogP contribution is -2.20. The van der Waals surface area contributed by atoms with Gasteiger partial charge in [0.05, 0.1) is 17.7 Å². The van der Waals surface area contributed by atoms with Crippen molar-refractivity contribution >= 4 is 27.6 Å². The maximum Gasteiger partial charge on any atom is 0.573 e. The number of likely N-dealkylation sites (N-methyl/N-ethyl adjacent to an activating group) is 1. The summed E-state index contributed by atoms with van der Waals surface area (Å²) in [7, 11) is 3.79. The van der Waals surface area contributed by atoms with E-state index in [-0.39, 0.29) is 25.3 Å². The number of alkyl halides is 3. The van der Waals surface area contributed by atoms with Crippen LogP contribution in [0.5, 0.6) is 11.6 Å². The number of hydrogen-bond acceptors (Lipinski definition) is 9. The van der Waals surface area contributed by atoms with E-state index in [9.17, 15) is 26.7 Å². The number of fused-ring (bicyclic) bond motifs is 3. The number of nitrogens with one attached hydrogen (secondary N) is 1. The van der Waals surface area contributed by atoms with Crippen molar-refractivity contribution in [2.45, 2.75) is 25.7 Å². The fourth-order valence-corrected chi connectivity index (χ4v) is 4.37. The first kappa shape index (κ1) is 33.7. The summed E-state index contributed by atoms with van der Waals surface area (Å²) < 4.78 is 84.8. The van der Waals surface area contributed by atoms with Gasteiger partial charge in [-0.3, -0.25) is 4.98 Å². The summed E-state index contributed by atoms with van der Waals surface area (Å²) in [5, 5.41) is 5.40. The number of nitrogens with zero attached hydrogens (tertiary/aromatic N) is 3. The first-order valence-electron chi connectivity index (χ1n) is 14.2. The lowest BCUT2D eigenvalue weighted by molar-refractivity contribution is -0.276. The Morgan fingerprint density at radius 2 is 1.71 bits per heavy atom. The number of benzene rings is 2. The van der Waals surface area contributed by atoms with Crippen LogP contribution in [0.1, 0.15) is 28.8 Å². The molecule has 4 rings (SSSR count). The van der Waals surface area contributed by atoms with Gasteiger partial charge in [-0.15, -0.1) is 13.2 Å². The summed E-state index contributed by atoms with van der Waals surface area (Å²) in [5.41, 5.74) is 1.10. The van der Waals surface area contributed by atoms with E-state index in [4.69, 9.17) is 14.2 Å². The van der Waals surface area contributed by atoms with E-state index < -0.39 is 29.7 Å². The second-order valence-corrected chi connectivity index (χ2v) is 10.3. The van der Waals surface area contributed by atoms with Gasteiger partial charge in [0, 0.05) is 48.2 Å². The molecule has 0 aliphatic heterocycles. The summed E-state index contributed by atoms with van der Waals surface area (Å²) in [5.74, 6) is -4.38. The average molecular weight is 637 g/mol. The molecule has 2 aromatic heterocycles. The molecule has 0 saturated carbocycles. The number of rotatable bonds is 16. The molecule has 9 nitrogen and oxygen atoms in total. The number of pyridine rings is 2. The Morgan fingerprint density at radius 3 is 2.44 bits per heavy atom. The van der Waals surface area contributed by atoms with Crippen LogP contribution in [0.15, 0.2) is 48.8 Å². The van der Waals surface area contributed by atoms with Crippen molar-refractivity contribution in [3.63, 3.8) is 0 Å². The van der Waals surface area contributed by atoms with Gasteiger partial charge in [-0.25, -0.2) is 18.6 Å².